The summed E-state index contributed by atoms with van der Waals surface area (Å²) in [4.78, 5) is 0. The van der Waals surface area contributed by atoms with Gasteiger partial charge in [0.05, 0.1) is 17.7 Å². The molecule has 1 saturated heterocycles. The zero-order chi connectivity index (χ0) is 13.0. The molecule has 0 aromatic heterocycles. The van der Waals surface area contributed by atoms with Crippen LogP contribution in [0.15, 0.2) is 18.2 Å². The van der Waals surface area contributed by atoms with E-state index in [9.17, 15) is 0 Å². The summed E-state index contributed by atoms with van der Waals surface area (Å²) in [6, 6.07) is 5.86. The number of benzene rings is 1. The summed E-state index contributed by atoms with van der Waals surface area (Å²) in [6.45, 7) is 4.71. The van der Waals surface area contributed by atoms with Crippen LogP contribution in [0.1, 0.15) is 25.3 Å². The number of ether oxygens (including phenoxy) is 2. The predicted octanol–water partition coefficient (Wildman–Crippen LogP) is 3.01. The van der Waals surface area contributed by atoms with E-state index in [4.69, 9.17) is 21.1 Å². The molecule has 0 amide bonds. The lowest BCUT2D eigenvalue weighted by Crippen LogP contribution is -2.36. The minimum atomic E-state index is -0.00371. The molecule has 1 heterocycles. The van der Waals surface area contributed by atoms with E-state index in [1.165, 1.54) is 0 Å². The fourth-order valence-corrected chi connectivity index (χ4v) is 2.55. The minimum absolute atomic E-state index is 0.00371. The van der Waals surface area contributed by atoms with Crippen LogP contribution in [-0.4, -0.2) is 25.9 Å². The Morgan fingerprint density at radius 3 is 2.94 bits per heavy atom. The van der Waals surface area contributed by atoms with Crippen molar-refractivity contribution in [3.05, 3.63) is 28.8 Å². The molecular weight excluding hydrogens is 250 g/mol. The van der Waals surface area contributed by atoms with Gasteiger partial charge in [-0.15, -0.1) is 0 Å². The molecule has 0 radical (unpaired) electrons. The van der Waals surface area contributed by atoms with Crippen molar-refractivity contribution in [2.45, 2.75) is 31.9 Å². The van der Waals surface area contributed by atoms with Crippen molar-refractivity contribution in [3.63, 3.8) is 0 Å². The van der Waals surface area contributed by atoms with Crippen LogP contribution in [-0.2, 0) is 11.3 Å². The zero-order valence-electron chi connectivity index (χ0n) is 11.0. The van der Waals surface area contributed by atoms with Crippen molar-refractivity contribution in [1.29, 1.82) is 0 Å². The maximum absolute atomic E-state index is 6.09. The third-order valence-corrected chi connectivity index (χ3v) is 3.64. The lowest BCUT2D eigenvalue weighted by molar-refractivity contribution is 0.0207. The topological polar surface area (TPSA) is 30.5 Å². The highest BCUT2D eigenvalue weighted by molar-refractivity contribution is 6.32. The second-order valence-electron chi connectivity index (χ2n) is 4.97. The molecule has 1 N–H and O–H groups in total. The van der Waals surface area contributed by atoms with Gasteiger partial charge < -0.3 is 14.8 Å². The van der Waals surface area contributed by atoms with E-state index < -0.39 is 0 Å². The van der Waals surface area contributed by atoms with Gasteiger partial charge in [0.2, 0.25) is 0 Å². The van der Waals surface area contributed by atoms with Crippen LogP contribution in [0, 0.1) is 0 Å². The monoisotopic (exact) mass is 269 g/mol. The Morgan fingerprint density at radius 2 is 2.33 bits per heavy atom. The van der Waals surface area contributed by atoms with E-state index in [2.05, 4.69) is 12.2 Å². The van der Waals surface area contributed by atoms with Crippen LogP contribution < -0.4 is 10.1 Å². The summed E-state index contributed by atoms with van der Waals surface area (Å²) in [5.41, 5.74) is 1.15. The Kier molecular flexibility index (Phi) is 4.49. The average Bonchev–Trinajstić information content (AvgIpc) is 2.77. The first-order chi connectivity index (χ1) is 8.63. The fourth-order valence-electron chi connectivity index (χ4n) is 2.27. The number of halogens is 1. The molecule has 3 nitrogen and oxygen atoms in total. The van der Waals surface area contributed by atoms with Gasteiger partial charge in [-0.2, -0.15) is 0 Å². The molecule has 100 valence electrons. The van der Waals surface area contributed by atoms with E-state index in [0.717, 1.165) is 38.1 Å². The van der Waals surface area contributed by atoms with Crippen LogP contribution >= 0.6 is 11.6 Å². The van der Waals surface area contributed by atoms with Crippen molar-refractivity contribution >= 4 is 11.6 Å². The summed E-state index contributed by atoms with van der Waals surface area (Å²) >= 11 is 6.09. The van der Waals surface area contributed by atoms with E-state index >= 15 is 0 Å². The quantitative estimate of drug-likeness (QED) is 0.891. The predicted molar refractivity (Wildman–Crippen MR) is 73.3 cm³/mol. The molecule has 1 aliphatic heterocycles. The lowest BCUT2D eigenvalue weighted by atomic mass is 10.0. The van der Waals surface area contributed by atoms with Crippen molar-refractivity contribution in [2.75, 3.05) is 20.3 Å². The van der Waals surface area contributed by atoms with Crippen molar-refractivity contribution in [1.82, 2.24) is 5.32 Å². The molecule has 2 rings (SSSR count). The summed E-state index contributed by atoms with van der Waals surface area (Å²) in [7, 11) is 1.62. The third-order valence-electron chi connectivity index (χ3n) is 3.34. The summed E-state index contributed by atoms with van der Waals surface area (Å²) < 4.78 is 10.9. The Hall–Kier alpha value is -0.770. The maximum atomic E-state index is 6.09. The SMILES string of the molecule is COc1ccc(CNCC2(C)CCCO2)cc1Cl. The Balaban J connectivity index is 1.85. The normalized spacial score (nSPS) is 23.3. The molecule has 1 atom stereocenters. The first-order valence-electron chi connectivity index (χ1n) is 6.30. The highest BCUT2D eigenvalue weighted by Crippen LogP contribution is 2.26. The van der Waals surface area contributed by atoms with Crippen molar-refractivity contribution in [2.24, 2.45) is 0 Å². The molecule has 18 heavy (non-hydrogen) atoms. The molecule has 4 heteroatoms. The highest BCUT2D eigenvalue weighted by atomic mass is 35.5. The largest absolute Gasteiger partial charge is 0.495 e. The summed E-state index contributed by atoms with van der Waals surface area (Å²) in [5, 5.41) is 4.08. The first-order valence-corrected chi connectivity index (χ1v) is 6.68. The van der Waals surface area contributed by atoms with Gasteiger partial charge in [-0.3, -0.25) is 0 Å². The van der Waals surface area contributed by atoms with Gasteiger partial charge in [0.25, 0.3) is 0 Å². The number of hydrogen-bond acceptors (Lipinski definition) is 3. The van der Waals surface area contributed by atoms with Gasteiger partial charge in [0.15, 0.2) is 0 Å². The Labute approximate surface area is 113 Å². The lowest BCUT2D eigenvalue weighted by Gasteiger charge is -2.23. The molecule has 1 fully saturated rings. The number of rotatable bonds is 5. The fraction of sp³-hybridized carbons (Fsp3) is 0.571. The van der Waals surface area contributed by atoms with Crippen LogP contribution in [0.3, 0.4) is 0 Å². The van der Waals surface area contributed by atoms with E-state index in [1.807, 2.05) is 18.2 Å². The van der Waals surface area contributed by atoms with Crippen molar-refractivity contribution in [3.8, 4) is 5.75 Å². The molecule has 1 aromatic rings. The van der Waals surface area contributed by atoms with E-state index in [-0.39, 0.29) is 5.60 Å². The molecule has 1 aromatic carbocycles. The van der Waals surface area contributed by atoms with E-state index in [0.29, 0.717) is 10.8 Å². The molecule has 1 aliphatic rings. The molecule has 0 aliphatic carbocycles. The standard InChI is InChI=1S/C14H20ClNO2/c1-14(6-3-7-18-14)10-16-9-11-4-5-13(17-2)12(15)8-11/h4-5,8,16H,3,6-7,9-10H2,1-2H3. The molecule has 0 spiro atoms. The Morgan fingerprint density at radius 1 is 1.50 bits per heavy atom. The summed E-state index contributed by atoms with van der Waals surface area (Å²) in [5.74, 6) is 0.714. The third kappa shape index (κ3) is 3.37. The van der Waals surface area contributed by atoms with Gasteiger partial charge in [0.1, 0.15) is 5.75 Å². The first kappa shape index (κ1) is 13.7. The number of methoxy groups -OCH3 is 1. The van der Waals surface area contributed by atoms with Crippen LogP contribution in [0.25, 0.3) is 0 Å². The smallest absolute Gasteiger partial charge is 0.137 e. The van der Waals surface area contributed by atoms with Gasteiger partial charge in [-0.05, 0) is 37.5 Å². The van der Waals surface area contributed by atoms with Crippen LogP contribution in [0.4, 0.5) is 0 Å². The molecule has 1 unspecified atom stereocenters. The molecule has 0 bridgehead atoms. The number of nitrogens with one attached hydrogen (secondary N) is 1. The van der Waals surface area contributed by atoms with Crippen molar-refractivity contribution < 1.29 is 9.47 Å². The average molecular weight is 270 g/mol. The Bertz CT molecular complexity index is 403. The second kappa shape index (κ2) is 5.91. The van der Waals surface area contributed by atoms with E-state index in [1.54, 1.807) is 7.11 Å². The van der Waals surface area contributed by atoms with Crippen LogP contribution in [0.2, 0.25) is 5.02 Å². The number of hydrogen-bond donors (Lipinski definition) is 1. The second-order valence-corrected chi connectivity index (χ2v) is 5.38. The van der Waals surface area contributed by atoms with Crippen LogP contribution in [0.5, 0.6) is 5.75 Å². The van der Waals surface area contributed by atoms with Gasteiger partial charge in [-0.1, -0.05) is 17.7 Å². The van der Waals surface area contributed by atoms with Gasteiger partial charge in [-0.25, -0.2) is 0 Å². The van der Waals surface area contributed by atoms with Gasteiger partial charge >= 0.3 is 0 Å². The van der Waals surface area contributed by atoms with Gasteiger partial charge in [0, 0.05) is 19.7 Å². The molecular formula is C14H20ClNO2. The zero-order valence-corrected chi connectivity index (χ0v) is 11.7. The minimum Gasteiger partial charge on any atom is -0.495 e. The highest BCUT2D eigenvalue weighted by Gasteiger charge is 2.28. The molecule has 0 saturated carbocycles. The summed E-state index contributed by atoms with van der Waals surface area (Å²) in [6.07, 6.45) is 2.29. The maximum Gasteiger partial charge on any atom is 0.137 e.